The third kappa shape index (κ3) is 19.9. The fraction of sp³-hybridized carbons (Fsp3) is 1.00. The van der Waals surface area contributed by atoms with Crippen molar-refractivity contribution in [2.24, 2.45) is 23.7 Å². The zero-order valence-corrected chi connectivity index (χ0v) is 44.6. The smallest absolute Gasteiger partial charge is 0.257 e. The molecule has 0 aromatic carbocycles. The van der Waals surface area contributed by atoms with Crippen LogP contribution in [0.15, 0.2) is 0 Å². The minimum Gasteiger partial charge on any atom is -0.441 e. The van der Waals surface area contributed by atoms with Crippen molar-refractivity contribution in [2.45, 2.75) is 189 Å². The number of aliphatic hydroxyl groups is 1. The van der Waals surface area contributed by atoms with Crippen LogP contribution in [0.4, 0.5) is 0 Å². The number of hydrogen-bond acceptors (Lipinski definition) is 18. The average molecular weight is 1010 g/mol. The zero-order valence-electron chi connectivity index (χ0n) is 44.6. The maximum Gasteiger partial charge on any atom is 0.257 e. The summed E-state index contributed by atoms with van der Waals surface area (Å²) in [5.74, 6) is 0.795. The van der Waals surface area contributed by atoms with Gasteiger partial charge in [0.15, 0.2) is 12.6 Å². The van der Waals surface area contributed by atoms with Gasteiger partial charge in [0.25, 0.3) is 48.3 Å². The van der Waals surface area contributed by atoms with E-state index < -0.39 is 6.29 Å². The first-order valence-electron chi connectivity index (χ1n) is 27.3. The molecule has 71 heavy (non-hydrogen) atoms. The average Bonchev–Trinajstić information content (AvgIpc) is 3.38. The SMILES string of the molecule is BOCC1OC(O)CCC1COCC1CCC(COCC2CCC(OB)C(COC3CCC(COCC4CCC(COCC5CCC(OB)C(CCCC)O5)C(COB)O4)C(COB)O3)O2)C(COB)O1. The number of hydrogen-bond donors (Lipinski definition) is 1. The Balaban J connectivity index is 0.857. The summed E-state index contributed by atoms with van der Waals surface area (Å²) >= 11 is 0. The monoisotopic (exact) mass is 1010 g/mol. The Morgan fingerprint density at radius 1 is 0.380 bits per heavy atom. The van der Waals surface area contributed by atoms with Crippen molar-refractivity contribution in [3.8, 4) is 0 Å². The molecule has 6 aliphatic rings. The van der Waals surface area contributed by atoms with Gasteiger partial charge in [0, 0.05) is 23.7 Å². The van der Waals surface area contributed by atoms with E-state index in [4.69, 9.17) is 80.0 Å². The van der Waals surface area contributed by atoms with Gasteiger partial charge in [0.2, 0.25) is 0 Å². The number of aliphatic hydroxyl groups excluding tert-OH is 1. The van der Waals surface area contributed by atoms with Gasteiger partial charge in [-0.1, -0.05) is 19.8 Å². The summed E-state index contributed by atoms with van der Waals surface area (Å²) in [5, 5.41) is 9.93. The fourth-order valence-electron chi connectivity index (χ4n) is 11.4. The molecule has 1 N–H and O–H groups in total. The molecule has 18 unspecified atom stereocenters. The second-order valence-electron chi connectivity index (χ2n) is 20.9. The summed E-state index contributed by atoms with van der Waals surface area (Å²) in [4.78, 5) is 0. The Morgan fingerprint density at radius 3 is 1.21 bits per heavy atom. The van der Waals surface area contributed by atoms with E-state index >= 15 is 0 Å². The van der Waals surface area contributed by atoms with Crippen molar-refractivity contribution in [3.05, 3.63) is 0 Å². The number of unbranched alkanes of at least 4 members (excludes halogenated alkanes) is 1. The van der Waals surface area contributed by atoms with Crippen LogP contribution in [-0.4, -0.2) is 225 Å². The molecular formula is C47H90B6O18. The van der Waals surface area contributed by atoms with E-state index in [0.29, 0.717) is 92.3 Å². The third-order valence-electron chi connectivity index (χ3n) is 15.6. The summed E-state index contributed by atoms with van der Waals surface area (Å²) < 4.78 is 103. The Morgan fingerprint density at radius 2 is 0.761 bits per heavy atom. The van der Waals surface area contributed by atoms with E-state index in [0.717, 1.165) is 89.9 Å². The highest BCUT2D eigenvalue weighted by atomic mass is 16.7. The van der Waals surface area contributed by atoms with Crippen LogP contribution in [-0.2, 0) is 80.0 Å². The maximum absolute atomic E-state index is 9.93. The molecular weight excluding hydrogens is 917 g/mol. The van der Waals surface area contributed by atoms with Gasteiger partial charge < -0.3 is 85.1 Å². The molecule has 6 fully saturated rings. The largest absolute Gasteiger partial charge is 0.441 e. The molecule has 404 valence electrons. The predicted octanol–water partition coefficient (Wildman–Crippen LogP) is -0.957. The van der Waals surface area contributed by atoms with Crippen molar-refractivity contribution < 1.29 is 85.1 Å². The predicted molar refractivity (Wildman–Crippen MR) is 277 cm³/mol. The summed E-state index contributed by atoms with van der Waals surface area (Å²) in [5.41, 5.74) is 0. The van der Waals surface area contributed by atoms with Crippen LogP contribution in [0, 0.1) is 23.7 Å². The Bertz CT molecular complexity index is 1400. The van der Waals surface area contributed by atoms with Gasteiger partial charge in [-0.25, -0.2) is 0 Å². The Hall–Kier alpha value is -0.330. The van der Waals surface area contributed by atoms with Crippen molar-refractivity contribution in [1.82, 2.24) is 0 Å². The van der Waals surface area contributed by atoms with Crippen LogP contribution in [0.3, 0.4) is 0 Å². The molecule has 0 saturated carbocycles. The molecule has 6 rings (SSSR count). The lowest BCUT2D eigenvalue weighted by atomic mass is 9.92. The van der Waals surface area contributed by atoms with Crippen LogP contribution in [0.2, 0.25) is 0 Å². The highest BCUT2D eigenvalue weighted by molar-refractivity contribution is 5.98. The highest BCUT2D eigenvalue weighted by Crippen LogP contribution is 2.33. The lowest BCUT2D eigenvalue weighted by Crippen LogP contribution is -2.47. The van der Waals surface area contributed by atoms with Gasteiger partial charge in [0.1, 0.15) is 6.10 Å². The Kier molecular flexibility index (Phi) is 28.5. The molecule has 0 bridgehead atoms. The first kappa shape index (κ1) is 59.9. The summed E-state index contributed by atoms with van der Waals surface area (Å²) in [7, 11) is 10.3. The topological polar surface area (TPSA) is 177 Å². The molecule has 6 saturated heterocycles. The molecule has 6 heterocycles. The first-order chi connectivity index (χ1) is 34.8. The van der Waals surface area contributed by atoms with Crippen LogP contribution < -0.4 is 0 Å². The molecule has 18 atom stereocenters. The standard InChI is InChI=1S/C47H90B6O18/c1-2-3-4-38-39(70-52)13-11-36(64-38)23-55-17-30-5-10-35(66-41(30)26-60-48)22-58-20-33-8-16-47(69-44(33)29-63-51)59-25-45-40(71-53)14-12-37(67-45)24-56-18-31-6-9-34(65-42(31)27-61-49)21-57-19-32-7-15-46(54)68-43(32)28-62-50/h30-47,54H,2-29,48-53H2,1H3. The van der Waals surface area contributed by atoms with Gasteiger partial charge in [0.05, 0.1) is 153 Å². The molecule has 0 amide bonds. The Labute approximate surface area is 430 Å². The molecule has 24 heteroatoms. The van der Waals surface area contributed by atoms with E-state index in [9.17, 15) is 5.11 Å². The second kappa shape index (κ2) is 33.7. The summed E-state index contributed by atoms with van der Waals surface area (Å²) in [6.45, 7) is 8.83. The third-order valence-corrected chi connectivity index (χ3v) is 15.6. The molecule has 0 aliphatic carbocycles. The molecule has 0 aromatic rings. The molecule has 6 aliphatic heterocycles. The zero-order chi connectivity index (χ0) is 50.2. The lowest BCUT2D eigenvalue weighted by Gasteiger charge is -2.40. The van der Waals surface area contributed by atoms with Crippen molar-refractivity contribution in [2.75, 3.05) is 85.9 Å². The van der Waals surface area contributed by atoms with Gasteiger partial charge in [-0.3, -0.25) is 0 Å². The molecule has 0 aromatic heterocycles. The minimum atomic E-state index is -0.739. The van der Waals surface area contributed by atoms with Crippen LogP contribution in [0.25, 0.3) is 0 Å². The van der Waals surface area contributed by atoms with Gasteiger partial charge >= 0.3 is 0 Å². The van der Waals surface area contributed by atoms with Gasteiger partial charge in [-0.15, -0.1) is 0 Å². The van der Waals surface area contributed by atoms with E-state index in [1.165, 1.54) is 0 Å². The van der Waals surface area contributed by atoms with Crippen molar-refractivity contribution in [3.63, 3.8) is 0 Å². The van der Waals surface area contributed by atoms with E-state index in [1.54, 1.807) is 48.3 Å². The molecule has 0 spiro atoms. The number of rotatable bonds is 32. The van der Waals surface area contributed by atoms with Crippen LogP contribution in [0.1, 0.15) is 103 Å². The van der Waals surface area contributed by atoms with E-state index in [-0.39, 0.29) is 103 Å². The quantitative estimate of drug-likeness (QED) is 0.0816. The van der Waals surface area contributed by atoms with E-state index in [2.05, 4.69) is 6.92 Å². The van der Waals surface area contributed by atoms with Crippen molar-refractivity contribution in [1.29, 1.82) is 0 Å². The van der Waals surface area contributed by atoms with Gasteiger partial charge in [-0.2, -0.15) is 0 Å². The summed E-state index contributed by atoms with van der Waals surface area (Å²) in [6.07, 6.45) is 12.2. The fourth-order valence-corrected chi connectivity index (χ4v) is 11.4. The maximum atomic E-state index is 9.93. The highest BCUT2D eigenvalue weighted by Gasteiger charge is 2.39. The van der Waals surface area contributed by atoms with Crippen LogP contribution in [0.5, 0.6) is 0 Å². The minimum absolute atomic E-state index is 0.00725. The molecule has 0 radical (unpaired) electrons. The molecule has 18 nitrogen and oxygen atoms in total. The van der Waals surface area contributed by atoms with E-state index in [1.807, 2.05) is 0 Å². The van der Waals surface area contributed by atoms with Gasteiger partial charge in [-0.05, 0) is 83.5 Å². The second-order valence-corrected chi connectivity index (χ2v) is 20.9. The lowest BCUT2D eigenvalue weighted by molar-refractivity contribution is -0.243. The normalized spacial score (nSPS) is 38.3. The number of ether oxygens (including phenoxy) is 11. The first-order valence-corrected chi connectivity index (χ1v) is 27.3. The van der Waals surface area contributed by atoms with Crippen molar-refractivity contribution >= 4 is 48.3 Å². The van der Waals surface area contributed by atoms with Crippen LogP contribution >= 0.6 is 0 Å². The summed E-state index contributed by atoms with van der Waals surface area (Å²) in [6, 6.07) is 0.